The molecule has 1 aromatic heterocycles. The first-order valence-electron chi connectivity index (χ1n) is 7.46. The Hall–Kier alpha value is -2.94. The molecule has 3 rings (SSSR count). The van der Waals surface area contributed by atoms with E-state index in [1.165, 1.54) is 24.2 Å². The Morgan fingerprint density at radius 2 is 1.61 bits per heavy atom. The lowest BCUT2D eigenvalue weighted by Crippen LogP contribution is -1.99. The van der Waals surface area contributed by atoms with Crippen LogP contribution < -0.4 is 4.74 Å². The Morgan fingerprint density at radius 3 is 2.22 bits per heavy atom. The molecule has 0 saturated heterocycles. The monoisotopic (exact) mass is 303 g/mol. The van der Waals surface area contributed by atoms with Crippen LogP contribution in [0.1, 0.15) is 22.8 Å². The summed E-state index contributed by atoms with van der Waals surface area (Å²) in [7, 11) is 0. The summed E-state index contributed by atoms with van der Waals surface area (Å²) in [6, 6.07) is 22.0. The molecule has 3 heteroatoms. The molecule has 0 spiro atoms. The van der Waals surface area contributed by atoms with Crippen LogP contribution in [0.4, 0.5) is 0 Å². The van der Waals surface area contributed by atoms with E-state index < -0.39 is 0 Å². The Morgan fingerprint density at radius 1 is 0.913 bits per heavy atom. The summed E-state index contributed by atoms with van der Waals surface area (Å²) >= 11 is 0. The lowest BCUT2D eigenvalue weighted by Gasteiger charge is -2.07. The smallest absolute Gasteiger partial charge is 0.213 e. The van der Waals surface area contributed by atoms with Crippen LogP contribution in [0.25, 0.3) is 11.1 Å². The first kappa shape index (κ1) is 15.0. The normalized spacial score (nSPS) is 10.3. The second kappa shape index (κ2) is 6.88. The second-order valence-electron chi connectivity index (χ2n) is 5.29. The van der Waals surface area contributed by atoms with E-state index in [4.69, 9.17) is 4.74 Å². The molecule has 23 heavy (non-hydrogen) atoms. The fourth-order valence-corrected chi connectivity index (χ4v) is 2.26. The highest BCUT2D eigenvalue weighted by Gasteiger charge is 2.02. The van der Waals surface area contributed by atoms with Crippen LogP contribution in [0.5, 0.6) is 5.88 Å². The molecule has 114 valence electrons. The van der Waals surface area contributed by atoms with Gasteiger partial charge in [0.2, 0.25) is 5.88 Å². The summed E-state index contributed by atoms with van der Waals surface area (Å²) in [6.07, 6.45) is 1.54. The first-order chi connectivity index (χ1) is 11.2. The Kier molecular flexibility index (Phi) is 4.48. The van der Waals surface area contributed by atoms with Crippen molar-refractivity contribution in [2.75, 3.05) is 0 Å². The van der Waals surface area contributed by atoms with Crippen LogP contribution in [0.2, 0.25) is 0 Å². The molecule has 0 aliphatic heterocycles. The zero-order valence-corrected chi connectivity index (χ0v) is 12.9. The van der Waals surface area contributed by atoms with E-state index in [2.05, 4.69) is 29.2 Å². The van der Waals surface area contributed by atoms with Crippen LogP contribution in [0, 0.1) is 0 Å². The van der Waals surface area contributed by atoms with Crippen LogP contribution in [-0.4, -0.2) is 10.8 Å². The number of aromatic nitrogens is 1. The van der Waals surface area contributed by atoms with Crippen molar-refractivity contribution in [3.05, 3.63) is 84.1 Å². The van der Waals surface area contributed by atoms with Gasteiger partial charge in [0.25, 0.3) is 0 Å². The van der Waals surface area contributed by atoms with Crippen molar-refractivity contribution in [3.8, 4) is 17.0 Å². The average Bonchev–Trinajstić information content (AvgIpc) is 2.61. The Bertz CT molecular complexity index is 778. The van der Waals surface area contributed by atoms with E-state index in [1.54, 1.807) is 12.1 Å². The SMILES string of the molecule is CC(=O)c1ccc(OCc2ccc(-c3ccccc3)cc2)nc1. The van der Waals surface area contributed by atoms with Gasteiger partial charge in [-0.05, 0) is 29.7 Å². The molecule has 3 nitrogen and oxygen atoms in total. The summed E-state index contributed by atoms with van der Waals surface area (Å²) in [6.45, 7) is 1.97. The predicted octanol–water partition coefficient (Wildman–Crippen LogP) is 4.53. The number of carbonyl (C=O) groups excluding carboxylic acids is 1. The van der Waals surface area contributed by atoms with Crippen LogP contribution >= 0.6 is 0 Å². The Balaban J connectivity index is 1.63. The van der Waals surface area contributed by atoms with Gasteiger partial charge in [0.1, 0.15) is 6.61 Å². The van der Waals surface area contributed by atoms with E-state index >= 15 is 0 Å². The number of rotatable bonds is 5. The zero-order valence-electron chi connectivity index (χ0n) is 12.9. The number of nitrogens with zero attached hydrogens (tertiary/aromatic N) is 1. The number of ketones is 1. The van der Waals surface area contributed by atoms with E-state index in [1.807, 2.05) is 30.3 Å². The van der Waals surface area contributed by atoms with Gasteiger partial charge in [-0.2, -0.15) is 0 Å². The fraction of sp³-hybridized carbons (Fsp3) is 0.100. The minimum atomic E-state index is 0.000510. The standard InChI is InChI=1S/C20H17NO2/c1-15(22)19-11-12-20(21-13-19)23-14-16-7-9-18(10-8-16)17-5-3-2-4-6-17/h2-13H,14H2,1H3. The molecule has 0 radical (unpaired) electrons. The van der Waals surface area contributed by atoms with Crippen molar-refractivity contribution in [2.24, 2.45) is 0 Å². The maximum Gasteiger partial charge on any atom is 0.213 e. The largest absolute Gasteiger partial charge is 0.473 e. The quantitative estimate of drug-likeness (QED) is 0.650. The number of hydrogen-bond acceptors (Lipinski definition) is 3. The highest BCUT2D eigenvalue weighted by Crippen LogP contribution is 2.20. The van der Waals surface area contributed by atoms with Crippen LogP contribution in [0.15, 0.2) is 72.9 Å². The van der Waals surface area contributed by atoms with Gasteiger partial charge >= 0.3 is 0 Å². The highest BCUT2D eigenvalue weighted by molar-refractivity contribution is 5.93. The number of pyridine rings is 1. The molecule has 0 amide bonds. The number of ether oxygens (including phenoxy) is 1. The number of benzene rings is 2. The lowest BCUT2D eigenvalue weighted by atomic mass is 10.0. The lowest BCUT2D eigenvalue weighted by molar-refractivity contribution is 0.101. The molecule has 0 aliphatic rings. The van der Waals surface area contributed by atoms with E-state index in [9.17, 15) is 4.79 Å². The minimum absolute atomic E-state index is 0.000510. The average molecular weight is 303 g/mol. The number of Topliss-reactive ketones (excluding diaryl/α,β-unsaturated/α-hetero) is 1. The van der Waals surface area contributed by atoms with Crippen molar-refractivity contribution < 1.29 is 9.53 Å². The molecule has 0 atom stereocenters. The van der Waals surface area contributed by atoms with E-state index in [-0.39, 0.29) is 5.78 Å². The third kappa shape index (κ3) is 3.83. The van der Waals surface area contributed by atoms with Gasteiger partial charge in [-0.1, -0.05) is 54.6 Å². The molecule has 0 bridgehead atoms. The molecule has 0 unspecified atom stereocenters. The second-order valence-corrected chi connectivity index (χ2v) is 5.29. The van der Waals surface area contributed by atoms with Crippen molar-refractivity contribution in [3.63, 3.8) is 0 Å². The Labute approximate surface area is 135 Å². The molecular weight excluding hydrogens is 286 g/mol. The van der Waals surface area contributed by atoms with Crippen molar-refractivity contribution >= 4 is 5.78 Å². The minimum Gasteiger partial charge on any atom is -0.473 e. The van der Waals surface area contributed by atoms with Crippen molar-refractivity contribution in [1.82, 2.24) is 4.98 Å². The van der Waals surface area contributed by atoms with Gasteiger partial charge in [0.15, 0.2) is 5.78 Å². The third-order valence-corrected chi connectivity index (χ3v) is 3.59. The molecule has 0 fully saturated rings. The highest BCUT2D eigenvalue weighted by atomic mass is 16.5. The van der Waals surface area contributed by atoms with Gasteiger partial charge in [-0.15, -0.1) is 0 Å². The van der Waals surface area contributed by atoms with Gasteiger partial charge < -0.3 is 4.74 Å². The fourth-order valence-electron chi connectivity index (χ4n) is 2.26. The maximum absolute atomic E-state index is 11.2. The van der Waals surface area contributed by atoms with E-state index in [0.717, 1.165) is 5.56 Å². The molecule has 0 aliphatic carbocycles. The topological polar surface area (TPSA) is 39.2 Å². The summed E-state index contributed by atoms with van der Waals surface area (Å²) in [5.74, 6) is 0.516. The maximum atomic E-state index is 11.2. The van der Waals surface area contributed by atoms with Gasteiger partial charge in [-0.25, -0.2) is 4.98 Å². The molecular formula is C20H17NO2. The third-order valence-electron chi connectivity index (χ3n) is 3.59. The van der Waals surface area contributed by atoms with Gasteiger partial charge in [0, 0.05) is 17.8 Å². The summed E-state index contributed by atoms with van der Waals surface area (Å²) < 4.78 is 5.65. The predicted molar refractivity (Wildman–Crippen MR) is 90.5 cm³/mol. The van der Waals surface area contributed by atoms with Gasteiger partial charge in [0.05, 0.1) is 0 Å². The van der Waals surface area contributed by atoms with Crippen LogP contribution in [0.3, 0.4) is 0 Å². The van der Waals surface area contributed by atoms with Crippen molar-refractivity contribution in [1.29, 1.82) is 0 Å². The summed E-state index contributed by atoms with van der Waals surface area (Å²) in [4.78, 5) is 15.3. The molecule has 3 aromatic rings. The molecule has 0 N–H and O–H groups in total. The number of hydrogen-bond donors (Lipinski definition) is 0. The molecule has 2 aromatic carbocycles. The first-order valence-corrected chi connectivity index (χ1v) is 7.46. The van der Waals surface area contributed by atoms with Crippen molar-refractivity contribution in [2.45, 2.75) is 13.5 Å². The van der Waals surface area contributed by atoms with Crippen LogP contribution in [-0.2, 0) is 6.61 Å². The number of carbonyl (C=O) groups is 1. The summed E-state index contributed by atoms with van der Waals surface area (Å²) in [5.41, 5.74) is 4.03. The zero-order chi connectivity index (χ0) is 16.1. The molecule has 1 heterocycles. The molecule has 0 saturated carbocycles. The summed E-state index contributed by atoms with van der Waals surface area (Å²) in [5, 5.41) is 0. The van der Waals surface area contributed by atoms with E-state index in [0.29, 0.717) is 18.1 Å². The van der Waals surface area contributed by atoms with Gasteiger partial charge in [-0.3, -0.25) is 4.79 Å².